The topological polar surface area (TPSA) is 55.0 Å². The molecule has 0 spiro atoms. The van der Waals surface area contributed by atoms with Crippen molar-refractivity contribution in [2.75, 3.05) is 18.5 Å². The second-order valence-corrected chi connectivity index (χ2v) is 5.00. The predicted octanol–water partition coefficient (Wildman–Crippen LogP) is 2.24. The van der Waals surface area contributed by atoms with Crippen LogP contribution in [0.25, 0.3) is 11.3 Å². The molecule has 2 rings (SSSR count). The number of anilines is 1. The van der Waals surface area contributed by atoms with Gasteiger partial charge in [-0.1, -0.05) is 29.8 Å². The number of nitrogens with two attached hydrogens (primary N) is 1. The molecule has 1 atom stereocenters. The molecule has 0 fully saturated rings. The van der Waals surface area contributed by atoms with E-state index in [1.807, 2.05) is 31.0 Å². The first-order valence-electron chi connectivity index (χ1n) is 6.44. The summed E-state index contributed by atoms with van der Waals surface area (Å²) in [5.74, 6) is 0.841. The van der Waals surface area contributed by atoms with E-state index in [1.54, 1.807) is 0 Å². The monoisotopic (exact) mass is 256 g/mol. The Morgan fingerprint density at radius 2 is 1.79 bits per heavy atom. The molecule has 1 aromatic heterocycles. The molecule has 0 amide bonds. The summed E-state index contributed by atoms with van der Waals surface area (Å²) in [5, 5.41) is 8.53. The first-order valence-corrected chi connectivity index (χ1v) is 6.44. The van der Waals surface area contributed by atoms with Crippen molar-refractivity contribution in [3.63, 3.8) is 0 Å². The number of hydrogen-bond acceptors (Lipinski definition) is 4. The lowest BCUT2D eigenvalue weighted by molar-refractivity contribution is 0.708. The Morgan fingerprint density at radius 3 is 2.32 bits per heavy atom. The fourth-order valence-electron chi connectivity index (χ4n) is 1.93. The highest BCUT2D eigenvalue weighted by Crippen LogP contribution is 2.18. The van der Waals surface area contributed by atoms with Crippen LogP contribution in [-0.2, 0) is 0 Å². The van der Waals surface area contributed by atoms with E-state index in [1.165, 1.54) is 5.56 Å². The van der Waals surface area contributed by atoms with Gasteiger partial charge in [0.25, 0.3) is 0 Å². The van der Waals surface area contributed by atoms with Crippen molar-refractivity contribution in [3.8, 4) is 11.3 Å². The molecule has 0 aliphatic rings. The predicted molar refractivity (Wildman–Crippen MR) is 79.1 cm³/mol. The maximum Gasteiger partial charge on any atom is 0.151 e. The zero-order chi connectivity index (χ0) is 13.8. The average Bonchev–Trinajstić information content (AvgIpc) is 2.39. The van der Waals surface area contributed by atoms with E-state index < -0.39 is 0 Å². The maximum atomic E-state index is 5.78. The van der Waals surface area contributed by atoms with Gasteiger partial charge in [-0.25, -0.2) is 0 Å². The quantitative estimate of drug-likeness (QED) is 0.911. The summed E-state index contributed by atoms with van der Waals surface area (Å²) >= 11 is 0. The molecule has 19 heavy (non-hydrogen) atoms. The van der Waals surface area contributed by atoms with Crippen molar-refractivity contribution in [2.24, 2.45) is 5.73 Å². The zero-order valence-electron chi connectivity index (χ0n) is 11.7. The molecule has 1 aromatic carbocycles. The molecule has 2 aromatic rings. The minimum absolute atomic E-state index is 0.114. The van der Waals surface area contributed by atoms with E-state index in [9.17, 15) is 0 Å². The van der Waals surface area contributed by atoms with Crippen LogP contribution in [0.1, 0.15) is 12.5 Å². The van der Waals surface area contributed by atoms with Gasteiger partial charge < -0.3 is 10.6 Å². The molecule has 100 valence electrons. The van der Waals surface area contributed by atoms with Gasteiger partial charge in [-0.2, -0.15) is 0 Å². The standard InChI is InChI=1S/C15H20N4/c1-11-4-6-13(7-5-11)14-8-9-15(18-17-14)19(3)10-12(2)16/h4-9,12H,10,16H2,1-3H3. The molecule has 0 radical (unpaired) electrons. The maximum absolute atomic E-state index is 5.78. The lowest BCUT2D eigenvalue weighted by Crippen LogP contribution is -2.33. The van der Waals surface area contributed by atoms with Crippen LogP contribution in [0.15, 0.2) is 36.4 Å². The summed E-state index contributed by atoms with van der Waals surface area (Å²) < 4.78 is 0. The molecule has 1 heterocycles. The Morgan fingerprint density at radius 1 is 1.11 bits per heavy atom. The van der Waals surface area contributed by atoms with Gasteiger partial charge in [0.2, 0.25) is 0 Å². The van der Waals surface area contributed by atoms with E-state index in [4.69, 9.17) is 5.73 Å². The van der Waals surface area contributed by atoms with Gasteiger partial charge in [-0.05, 0) is 26.0 Å². The molecular formula is C15H20N4. The van der Waals surface area contributed by atoms with E-state index >= 15 is 0 Å². The number of likely N-dealkylation sites (N-methyl/N-ethyl adjacent to an activating group) is 1. The van der Waals surface area contributed by atoms with Crippen LogP contribution in [0.3, 0.4) is 0 Å². The minimum atomic E-state index is 0.114. The fraction of sp³-hybridized carbons (Fsp3) is 0.333. The van der Waals surface area contributed by atoms with E-state index in [2.05, 4.69) is 41.4 Å². The molecule has 0 saturated heterocycles. The molecule has 0 aliphatic heterocycles. The molecule has 0 bridgehead atoms. The van der Waals surface area contributed by atoms with Crippen LogP contribution >= 0.6 is 0 Å². The van der Waals surface area contributed by atoms with Crippen LogP contribution in [0, 0.1) is 6.92 Å². The van der Waals surface area contributed by atoms with E-state index in [-0.39, 0.29) is 6.04 Å². The van der Waals surface area contributed by atoms with Gasteiger partial charge in [-0.15, -0.1) is 10.2 Å². The van der Waals surface area contributed by atoms with Gasteiger partial charge in [0.1, 0.15) is 0 Å². The second-order valence-electron chi connectivity index (χ2n) is 5.00. The number of hydrogen-bond donors (Lipinski definition) is 1. The lowest BCUT2D eigenvalue weighted by Gasteiger charge is -2.19. The molecule has 4 heteroatoms. The van der Waals surface area contributed by atoms with Crippen LogP contribution in [-0.4, -0.2) is 29.8 Å². The van der Waals surface area contributed by atoms with Crippen LogP contribution in [0.5, 0.6) is 0 Å². The first-order chi connectivity index (χ1) is 9.06. The molecule has 2 N–H and O–H groups in total. The molecule has 0 saturated carbocycles. The van der Waals surface area contributed by atoms with Crippen LogP contribution < -0.4 is 10.6 Å². The number of aromatic nitrogens is 2. The Hall–Kier alpha value is -1.94. The van der Waals surface area contributed by atoms with Gasteiger partial charge in [-0.3, -0.25) is 0 Å². The lowest BCUT2D eigenvalue weighted by atomic mass is 10.1. The fourth-order valence-corrected chi connectivity index (χ4v) is 1.93. The second kappa shape index (κ2) is 5.80. The van der Waals surface area contributed by atoms with Gasteiger partial charge >= 0.3 is 0 Å². The largest absolute Gasteiger partial charge is 0.357 e. The van der Waals surface area contributed by atoms with Gasteiger partial charge in [0.15, 0.2) is 5.82 Å². The van der Waals surface area contributed by atoms with Crippen molar-refractivity contribution in [1.82, 2.24) is 10.2 Å². The van der Waals surface area contributed by atoms with Crippen molar-refractivity contribution < 1.29 is 0 Å². The van der Waals surface area contributed by atoms with Crippen molar-refractivity contribution in [2.45, 2.75) is 19.9 Å². The first kappa shape index (κ1) is 13.5. The summed E-state index contributed by atoms with van der Waals surface area (Å²) in [4.78, 5) is 2.01. The SMILES string of the molecule is Cc1ccc(-c2ccc(N(C)CC(C)N)nn2)cc1. The number of nitrogens with zero attached hydrogens (tertiary/aromatic N) is 3. The Labute approximate surface area is 114 Å². The Kier molecular flexibility index (Phi) is 4.12. The van der Waals surface area contributed by atoms with Crippen LogP contribution in [0.2, 0.25) is 0 Å². The summed E-state index contributed by atoms with van der Waals surface area (Å²) in [6.07, 6.45) is 0. The highest BCUT2D eigenvalue weighted by atomic mass is 15.2. The average molecular weight is 256 g/mol. The molecule has 1 unspecified atom stereocenters. The highest BCUT2D eigenvalue weighted by molar-refractivity contribution is 5.60. The smallest absolute Gasteiger partial charge is 0.151 e. The molecule has 4 nitrogen and oxygen atoms in total. The van der Waals surface area contributed by atoms with E-state index in [0.717, 1.165) is 23.6 Å². The number of rotatable bonds is 4. The normalized spacial score (nSPS) is 12.2. The van der Waals surface area contributed by atoms with Gasteiger partial charge in [0.05, 0.1) is 5.69 Å². The summed E-state index contributed by atoms with van der Waals surface area (Å²) in [6, 6.07) is 12.4. The highest BCUT2D eigenvalue weighted by Gasteiger charge is 2.06. The van der Waals surface area contributed by atoms with E-state index in [0.29, 0.717) is 0 Å². The number of aryl methyl sites for hydroxylation is 1. The van der Waals surface area contributed by atoms with Crippen LogP contribution in [0.4, 0.5) is 5.82 Å². The Balaban J connectivity index is 2.16. The summed E-state index contributed by atoms with van der Waals surface area (Å²) in [6.45, 7) is 4.81. The van der Waals surface area contributed by atoms with Crippen molar-refractivity contribution in [1.29, 1.82) is 0 Å². The third kappa shape index (κ3) is 3.51. The summed E-state index contributed by atoms with van der Waals surface area (Å²) in [5.41, 5.74) is 8.99. The third-order valence-corrected chi connectivity index (χ3v) is 2.95. The minimum Gasteiger partial charge on any atom is -0.357 e. The zero-order valence-corrected chi connectivity index (χ0v) is 11.7. The molecular weight excluding hydrogens is 236 g/mol. The summed E-state index contributed by atoms with van der Waals surface area (Å²) in [7, 11) is 1.97. The Bertz CT molecular complexity index is 517. The number of benzene rings is 1. The van der Waals surface area contributed by atoms with Crippen molar-refractivity contribution in [3.05, 3.63) is 42.0 Å². The van der Waals surface area contributed by atoms with Gasteiger partial charge in [0, 0.05) is 25.2 Å². The molecule has 0 aliphatic carbocycles. The van der Waals surface area contributed by atoms with Crippen molar-refractivity contribution >= 4 is 5.82 Å². The third-order valence-electron chi connectivity index (χ3n) is 2.95.